The van der Waals surface area contributed by atoms with Crippen LogP contribution in [0.3, 0.4) is 0 Å². The van der Waals surface area contributed by atoms with Crippen LogP contribution in [0.1, 0.15) is 53.4 Å². The van der Waals surface area contributed by atoms with Crippen LogP contribution in [-0.4, -0.2) is 72.9 Å². The Morgan fingerprint density at radius 2 is 0.783 bits per heavy atom. The van der Waals surface area contributed by atoms with Crippen LogP contribution in [0.25, 0.3) is 0 Å². The van der Waals surface area contributed by atoms with Crippen LogP contribution in [0, 0.1) is 0 Å². The first-order chi connectivity index (χ1) is 10.2. The van der Waals surface area contributed by atoms with Gasteiger partial charge in [-0.25, -0.2) is 0 Å². The lowest BCUT2D eigenvalue weighted by Crippen LogP contribution is -2.33. The molecule has 3 atom stereocenters. The summed E-state index contributed by atoms with van der Waals surface area (Å²) in [6.45, 7) is 5.62. The van der Waals surface area contributed by atoms with Gasteiger partial charge in [0.05, 0.1) is 18.3 Å². The zero-order valence-electron chi connectivity index (χ0n) is 13.1. The normalized spacial score (nSPS) is 30.1. The van der Waals surface area contributed by atoms with E-state index in [2.05, 4.69) is 16.0 Å². The van der Waals surface area contributed by atoms with Crippen LogP contribution in [0.5, 0.6) is 0 Å². The maximum absolute atomic E-state index is 8.85. The minimum atomic E-state index is -0.0752. The zero-order chi connectivity index (χ0) is 15.3. The maximum Gasteiger partial charge on any atom is 0.0665 e. The number of nitrogens with one attached hydrogen (secondary N) is 3. The molecule has 3 fully saturated rings. The van der Waals surface area contributed by atoms with Gasteiger partial charge < -0.3 is 31.3 Å². The van der Waals surface area contributed by atoms with Crippen molar-refractivity contribution in [3.63, 3.8) is 0 Å². The number of hydrogen-bond acceptors (Lipinski definition) is 6. The van der Waals surface area contributed by atoms with Crippen molar-refractivity contribution in [2.75, 3.05) is 39.3 Å². The second kappa shape index (κ2) is 16.6. The van der Waals surface area contributed by atoms with Crippen LogP contribution in [0.2, 0.25) is 0 Å². The van der Waals surface area contributed by atoms with Crippen LogP contribution in [0.4, 0.5) is 0 Å². The predicted molar refractivity (Wildman–Crippen MR) is 97.8 cm³/mol. The summed E-state index contributed by atoms with van der Waals surface area (Å²) in [4.78, 5) is 0. The Balaban J connectivity index is 0. The maximum atomic E-state index is 8.85. The number of rotatable bonds is 0. The lowest BCUT2D eigenvalue weighted by atomic mass is 10.1. The van der Waals surface area contributed by atoms with Crippen molar-refractivity contribution in [1.82, 2.24) is 16.0 Å². The van der Waals surface area contributed by atoms with E-state index in [0.29, 0.717) is 0 Å². The van der Waals surface area contributed by atoms with Gasteiger partial charge in [-0.05, 0) is 58.2 Å². The van der Waals surface area contributed by atoms with Crippen LogP contribution < -0.4 is 16.0 Å². The molecule has 3 heterocycles. The van der Waals surface area contributed by atoms with Gasteiger partial charge in [0.2, 0.25) is 0 Å². The van der Waals surface area contributed by atoms with E-state index in [1.807, 2.05) is 0 Å². The van der Waals surface area contributed by atoms with Gasteiger partial charge in [-0.15, -0.1) is 0 Å². The minimum absolute atomic E-state index is 0. The van der Waals surface area contributed by atoms with Gasteiger partial charge in [0.1, 0.15) is 0 Å². The molecule has 0 aromatic carbocycles. The summed E-state index contributed by atoms with van der Waals surface area (Å²) < 4.78 is 0. The van der Waals surface area contributed by atoms with E-state index in [1.54, 1.807) is 0 Å². The molecule has 0 aliphatic carbocycles. The highest BCUT2D eigenvalue weighted by atomic mass is 16.3. The standard InChI is InChI=1S/3C5H11NO.2CH4/c3*7-5-2-1-3-6-4-5;;/h3*5-7H,1-4H2;2*1H4/t2*5-;;;/m10.../s1. The molecule has 3 aliphatic rings. The van der Waals surface area contributed by atoms with Crippen LogP contribution in [0.15, 0.2) is 0 Å². The monoisotopic (exact) mass is 335 g/mol. The lowest BCUT2D eigenvalue weighted by molar-refractivity contribution is 0.142. The average Bonchev–Trinajstić information content (AvgIpc) is 2.51. The van der Waals surface area contributed by atoms with E-state index in [9.17, 15) is 0 Å². The highest BCUT2D eigenvalue weighted by Crippen LogP contribution is 1.99. The Labute approximate surface area is 143 Å². The van der Waals surface area contributed by atoms with Crippen molar-refractivity contribution in [1.29, 1.82) is 0 Å². The molecule has 0 saturated carbocycles. The fourth-order valence-corrected chi connectivity index (χ4v) is 2.50. The molecule has 0 bridgehead atoms. The lowest BCUT2D eigenvalue weighted by Gasteiger charge is -2.16. The Kier molecular flexibility index (Phi) is 18.1. The largest absolute Gasteiger partial charge is 0.392 e. The van der Waals surface area contributed by atoms with Gasteiger partial charge >= 0.3 is 0 Å². The van der Waals surface area contributed by atoms with Gasteiger partial charge in [-0.1, -0.05) is 14.9 Å². The first kappa shape index (κ1) is 25.0. The second-order valence-corrected chi connectivity index (χ2v) is 6.00. The molecule has 0 aromatic rings. The van der Waals surface area contributed by atoms with Crippen molar-refractivity contribution < 1.29 is 15.3 Å². The zero-order valence-corrected chi connectivity index (χ0v) is 13.1. The molecule has 3 rings (SSSR count). The first-order valence-electron chi connectivity index (χ1n) is 8.35. The van der Waals surface area contributed by atoms with Gasteiger partial charge in [-0.2, -0.15) is 0 Å². The second-order valence-electron chi connectivity index (χ2n) is 6.00. The summed E-state index contributed by atoms with van der Waals surface area (Å²) in [6, 6.07) is 0. The summed E-state index contributed by atoms with van der Waals surface area (Å²) >= 11 is 0. The Hall–Kier alpha value is -0.240. The van der Waals surface area contributed by atoms with E-state index >= 15 is 0 Å². The van der Waals surface area contributed by atoms with E-state index in [1.165, 1.54) is 0 Å². The molecule has 23 heavy (non-hydrogen) atoms. The summed E-state index contributed by atoms with van der Waals surface area (Å²) in [5.74, 6) is 0. The smallest absolute Gasteiger partial charge is 0.0665 e. The minimum Gasteiger partial charge on any atom is -0.392 e. The topological polar surface area (TPSA) is 96.8 Å². The molecule has 0 aromatic heterocycles. The van der Waals surface area contributed by atoms with Crippen molar-refractivity contribution in [2.45, 2.75) is 71.7 Å². The van der Waals surface area contributed by atoms with Crippen molar-refractivity contribution in [3.8, 4) is 0 Å². The molecule has 142 valence electrons. The summed E-state index contributed by atoms with van der Waals surface area (Å²) in [7, 11) is 0. The van der Waals surface area contributed by atoms with Gasteiger partial charge in [-0.3, -0.25) is 0 Å². The van der Waals surface area contributed by atoms with Crippen LogP contribution >= 0.6 is 0 Å². The SMILES string of the molecule is C.C.OC1CCCNC1.O[C@@H]1CCCNC1.O[C@H]1CCCNC1. The molecule has 6 nitrogen and oxygen atoms in total. The Morgan fingerprint density at radius 1 is 0.522 bits per heavy atom. The van der Waals surface area contributed by atoms with Gasteiger partial charge in [0, 0.05) is 19.6 Å². The molecule has 0 amide bonds. The van der Waals surface area contributed by atoms with Crippen molar-refractivity contribution in [2.24, 2.45) is 0 Å². The fraction of sp³-hybridized carbons (Fsp3) is 1.00. The molecule has 0 radical (unpaired) electrons. The molecule has 6 N–H and O–H groups in total. The number of β-amino-alcohol motifs (C(OH)–C–C–N with tert-alkyl or cyclic N) is 3. The third-order valence-corrected chi connectivity index (χ3v) is 3.81. The molecule has 6 heteroatoms. The molecule has 3 saturated heterocycles. The molecule has 0 spiro atoms. The Morgan fingerprint density at radius 3 is 0.870 bits per heavy atom. The average molecular weight is 336 g/mol. The first-order valence-corrected chi connectivity index (χ1v) is 8.35. The van der Waals surface area contributed by atoms with E-state index in [-0.39, 0.29) is 33.2 Å². The van der Waals surface area contributed by atoms with Gasteiger partial charge in [0.25, 0.3) is 0 Å². The number of aliphatic hydroxyl groups is 3. The molecular weight excluding hydrogens is 294 g/mol. The van der Waals surface area contributed by atoms with Crippen molar-refractivity contribution in [3.05, 3.63) is 0 Å². The van der Waals surface area contributed by atoms with E-state index in [0.717, 1.165) is 77.8 Å². The fourth-order valence-electron chi connectivity index (χ4n) is 2.50. The van der Waals surface area contributed by atoms with E-state index < -0.39 is 0 Å². The summed E-state index contributed by atoms with van der Waals surface area (Å²) in [6.07, 6.45) is 6.09. The summed E-state index contributed by atoms with van der Waals surface area (Å²) in [5.41, 5.74) is 0. The third kappa shape index (κ3) is 15.1. The predicted octanol–water partition coefficient (Wildman–Crippen LogP) is 0.464. The van der Waals surface area contributed by atoms with Gasteiger partial charge in [0.15, 0.2) is 0 Å². The third-order valence-electron chi connectivity index (χ3n) is 3.81. The van der Waals surface area contributed by atoms with Crippen molar-refractivity contribution >= 4 is 0 Å². The van der Waals surface area contributed by atoms with E-state index in [4.69, 9.17) is 15.3 Å². The molecular formula is C17H41N3O3. The highest BCUT2D eigenvalue weighted by Gasteiger charge is 2.07. The number of aliphatic hydroxyl groups excluding tert-OH is 3. The molecule has 1 unspecified atom stereocenters. The van der Waals surface area contributed by atoms with Crippen LogP contribution in [-0.2, 0) is 0 Å². The highest BCUT2D eigenvalue weighted by molar-refractivity contribution is 4.66. The number of piperidine rings is 3. The summed E-state index contributed by atoms with van der Waals surface area (Å²) in [5, 5.41) is 35.8. The molecule has 3 aliphatic heterocycles. The number of hydrogen-bond donors (Lipinski definition) is 6. The Bertz CT molecular complexity index is 189. The quantitative estimate of drug-likeness (QED) is 0.385.